The Morgan fingerprint density at radius 3 is 0.818 bits per heavy atom. The van der Waals surface area contributed by atoms with Crippen molar-refractivity contribution in [3.05, 3.63) is 29.3 Å². The van der Waals surface area contributed by atoms with Gasteiger partial charge in [0.15, 0.2) is 0 Å². The Morgan fingerprint density at radius 1 is 0.379 bits per heavy atom. The molecular formula is C56H108O7P2S. The molecule has 0 bridgehead atoms. The van der Waals surface area contributed by atoms with Gasteiger partial charge in [0.25, 0.3) is 0 Å². The van der Waals surface area contributed by atoms with Crippen LogP contribution in [0.3, 0.4) is 0 Å². The van der Waals surface area contributed by atoms with Crippen LogP contribution in [0.25, 0.3) is 0 Å². The molecule has 0 radical (unpaired) electrons. The fourth-order valence-corrected chi connectivity index (χ4v) is 24.9. The maximum absolute atomic E-state index is 15.1. The van der Waals surface area contributed by atoms with Crippen LogP contribution in [0.15, 0.2) is 23.1 Å². The summed E-state index contributed by atoms with van der Waals surface area (Å²) < 4.78 is 52.8. The number of rotatable bonds is 45. The molecular weight excluding hydrogens is 879 g/mol. The number of carbonyl (C=O) groups excluding carboxylic acids is 2. The van der Waals surface area contributed by atoms with E-state index in [1.54, 1.807) is 6.07 Å². The van der Waals surface area contributed by atoms with E-state index in [2.05, 4.69) is 55.4 Å². The first-order valence-corrected chi connectivity index (χ1v) is 35.6. The average Bonchev–Trinajstić information content (AvgIpc) is 3.31. The van der Waals surface area contributed by atoms with E-state index in [1.807, 2.05) is 0 Å². The van der Waals surface area contributed by atoms with Crippen molar-refractivity contribution in [3.63, 3.8) is 0 Å². The van der Waals surface area contributed by atoms with Crippen LogP contribution in [0.4, 0.5) is 0 Å². The Balaban J connectivity index is 3.78. The molecule has 0 aromatic heterocycles. The third-order valence-electron chi connectivity index (χ3n) is 15.0. The van der Waals surface area contributed by atoms with E-state index in [4.69, 9.17) is 9.05 Å². The van der Waals surface area contributed by atoms with Gasteiger partial charge in [-0.05, 0) is 0 Å². The zero-order chi connectivity index (χ0) is 49.1. The van der Waals surface area contributed by atoms with Crippen LogP contribution in [0.5, 0.6) is 0 Å². The van der Waals surface area contributed by atoms with E-state index in [0.717, 1.165) is 152 Å². The quantitative estimate of drug-likeness (QED) is 0.0394. The first-order valence-electron chi connectivity index (χ1n) is 28.3. The first kappa shape index (κ1) is 62.9. The van der Waals surface area contributed by atoms with Crippen molar-refractivity contribution in [2.75, 3.05) is 49.3 Å². The summed E-state index contributed by atoms with van der Waals surface area (Å²) in [5, 5.41) is 0. The van der Waals surface area contributed by atoms with Crippen LogP contribution in [-0.4, -0.2) is 74.2 Å². The molecule has 0 atom stereocenters. The van der Waals surface area contributed by atoms with Crippen molar-refractivity contribution in [1.82, 2.24) is 0 Å². The molecule has 0 amide bonds. The van der Waals surface area contributed by atoms with Crippen molar-refractivity contribution in [2.24, 2.45) is 0 Å². The second-order valence-electron chi connectivity index (χ2n) is 20.9. The molecule has 0 fully saturated rings. The van der Waals surface area contributed by atoms with Crippen LogP contribution in [0, 0.1) is 0 Å². The van der Waals surface area contributed by atoms with Crippen molar-refractivity contribution >= 4 is 35.7 Å². The standard InChI is InChI=1S/C56H108O7P2S/c1-9-17-25-27-29-31-33-35-37-39-50-64(44-19-11-3,45-20-12-4,46-21-13-5)62-55(57)52-42-41-43-53(54(52)66(59,60)61)56(58)63-65(47-22-14-6,48-23-15-7,49-24-16-8)51-40-38-36-34-32-30-28-26-18-10-2/h41-43H,9-40,44-51H2,1-8H3,(H,59,60,61). The molecule has 1 aromatic carbocycles. The third kappa shape index (κ3) is 22.8. The summed E-state index contributed by atoms with van der Waals surface area (Å²) in [6, 6.07) is 4.48. The zero-order valence-corrected chi connectivity index (χ0v) is 47.3. The van der Waals surface area contributed by atoms with Gasteiger partial charge in [0, 0.05) is 0 Å². The van der Waals surface area contributed by atoms with Gasteiger partial charge < -0.3 is 0 Å². The van der Waals surface area contributed by atoms with E-state index >= 15 is 9.59 Å². The van der Waals surface area contributed by atoms with Crippen molar-refractivity contribution in [2.45, 2.75) is 266 Å². The Morgan fingerprint density at radius 2 is 0.591 bits per heavy atom. The summed E-state index contributed by atoms with van der Waals surface area (Å²) in [4.78, 5) is 29.5. The van der Waals surface area contributed by atoms with Crippen LogP contribution in [-0.2, 0) is 19.2 Å². The monoisotopic (exact) mass is 987 g/mol. The van der Waals surface area contributed by atoms with E-state index < -0.39 is 40.6 Å². The van der Waals surface area contributed by atoms with Crippen molar-refractivity contribution in [3.8, 4) is 0 Å². The molecule has 0 heterocycles. The fourth-order valence-electron chi connectivity index (χ4n) is 10.8. The topological polar surface area (TPSA) is 107 Å². The van der Waals surface area contributed by atoms with Gasteiger partial charge in [-0.1, -0.05) is 0 Å². The zero-order valence-electron chi connectivity index (χ0n) is 44.7. The molecule has 390 valence electrons. The summed E-state index contributed by atoms with van der Waals surface area (Å²) in [7, 11) is -5.05. The summed E-state index contributed by atoms with van der Waals surface area (Å²) >= 11 is 0. The van der Waals surface area contributed by atoms with Gasteiger partial charge in [0.2, 0.25) is 0 Å². The molecule has 7 nitrogen and oxygen atoms in total. The van der Waals surface area contributed by atoms with Gasteiger partial charge >= 0.3 is 412 Å². The number of hydrogen-bond acceptors (Lipinski definition) is 6. The molecule has 0 spiro atoms. The fraction of sp³-hybridized carbons (Fsp3) is 0.857. The normalized spacial score (nSPS) is 13.5. The molecule has 0 saturated heterocycles. The van der Waals surface area contributed by atoms with Crippen LogP contribution < -0.4 is 0 Å². The molecule has 66 heavy (non-hydrogen) atoms. The predicted octanol–water partition coefficient (Wildman–Crippen LogP) is 18.8. The van der Waals surface area contributed by atoms with E-state index in [1.165, 1.54) is 115 Å². The van der Waals surface area contributed by atoms with E-state index in [-0.39, 0.29) is 11.1 Å². The summed E-state index contributed by atoms with van der Waals surface area (Å²) in [6.07, 6.45) is 42.6. The Kier molecular flexibility index (Phi) is 33.5. The van der Waals surface area contributed by atoms with Crippen molar-refractivity contribution < 1.29 is 31.6 Å². The summed E-state index contributed by atoms with van der Waals surface area (Å²) in [5.41, 5.74) is -0.474. The maximum atomic E-state index is 15.1. The number of hydrogen-bond donors (Lipinski definition) is 1. The molecule has 0 unspecified atom stereocenters. The predicted molar refractivity (Wildman–Crippen MR) is 293 cm³/mol. The van der Waals surface area contributed by atoms with E-state index in [9.17, 15) is 13.0 Å². The van der Waals surface area contributed by atoms with Crippen molar-refractivity contribution in [1.29, 1.82) is 0 Å². The Labute approximate surface area is 409 Å². The molecule has 10 heteroatoms. The van der Waals surface area contributed by atoms with Gasteiger partial charge in [-0.25, -0.2) is 0 Å². The number of unbranched alkanes of at least 4 members (excludes halogenated alkanes) is 24. The van der Waals surface area contributed by atoms with Gasteiger partial charge in [-0.15, -0.1) is 0 Å². The number of benzene rings is 1. The molecule has 1 aromatic rings. The van der Waals surface area contributed by atoms with Crippen LogP contribution in [0.2, 0.25) is 0 Å². The molecule has 0 aliphatic carbocycles. The Hall–Kier alpha value is -1.07. The second kappa shape index (κ2) is 35.1. The molecule has 0 aliphatic heterocycles. The van der Waals surface area contributed by atoms with Gasteiger partial charge in [0.1, 0.15) is 0 Å². The van der Waals surface area contributed by atoms with Gasteiger partial charge in [-0.2, -0.15) is 0 Å². The first-order chi connectivity index (χ1) is 31.7. The van der Waals surface area contributed by atoms with Crippen LogP contribution in [0.1, 0.15) is 282 Å². The molecule has 0 aliphatic rings. The number of carbonyl (C=O) groups is 2. The Bertz CT molecular complexity index is 1400. The average molecular weight is 987 g/mol. The summed E-state index contributed by atoms with van der Waals surface area (Å²) in [6.45, 7) is 11.1. The van der Waals surface area contributed by atoms with Gasteiger partial charge in [0.05, 0.1) is 0 Å². The summed E-state index contributed by atoms with van der Waals surface area (Å²) in [5.74, 6) is -1.42. The molecule has 1 N–H and O–H groups in total. The van der Waals surface area contributed by atoms with Gasteiger partial charge in [-0.3, -0.25) is 0 Å². The molecule has 0 saturated carbocycles. The minimum absolute atomic E-state index is 0.237. The SMILES string of the molecule is CCCCCCCCCCCCP(CCCC)(CCCC)(CCCC)OC(=O)c1cccc(C(=O)OP(CCCC)(CCCC)(CCCC)CCCCCCCCCCCC)c1S(=O)(=O)O. The van der Waals surface area contributed by atoms with Crippen LogP contribution >= 0.6 is 13.7 Å². The van der Waals surface area contributed by atoms with E-state index in [0.29, 0.717) is 0 Å². The second-order valence-corrected chi connectivity index (χ2v) is 33.6. The third-order valence-corrected chi connectivity index (χ3v) is 28.9. The minimum atomic E-state index is -5.05. The molecule has 1 rings (SSSR count).